The molecule has 1 aromatic carbocycles. The molecule has 14 heteroatoms. The molecule has 1 N–H and O–H groups in total. The molecule has 0 bridgehead atoms. The zero-order valence-corrected chi connectivity index (χ0v) is 22.3. The Labute approximate surface area is 221 Å². The zero-order valence-electron chi connectivity index (χ0n) is 21.4. The van der Waals surface area contributed by atoms with Gasteiger partial charge in [-0.25, -0.2) is 14.4 Å². The van der Waals surface area contributed by atoms with Crippen LogP contribution in [0.2, 0.25) is 0 Å². The summed E-state index contributed by atoms with van der Waals surface area (Å²) in [6, 6.07) is 9.34. The van der Waals surface area contributed by atoms with Gasteiger partial charge in [0.15, 0.2) is 17.2 Å². The summed E-state index contributed by atoms with van der Waals surface area (Å²) in [5.41, 5.74) is 1.14. The van der Waals surface area contributed by atoms with Gasteiger partial charge >= 0.3 is 6.36 Å². The van der Waals surface area contributed by atoms with E-state index < -0.39 is 19.3 Å². The summed E-state index contributed by atoms with van der Waals surface area (Å²) >= 11 is 0. The molecule has 4 heterocycles. The van der Waals surface area contributed by atoms with E-state index in [1.165, 1.54) is 23.0 Å². The molecule has 1 aliphatic rings. The van der Waals surface area contributed by atoms with Gasteiger partial charge in [-0.15, -0.1) is 13.2 Å². The van der Waals surface area contributed by atoms with Crippen LogP contribution in [-0.2, 0) is 4.57 Å². The maximum absolute atomic E-state index is 14.7. The second kappa shape index (κ2) is 10.1. The minimum atomic E-state index is -4.88. The Morgan fingerprint density at radius 1 is 1.05 bits per heavy atom. The van der Waals surface area contributed by atoms with Crippen LogP contribution in [0.4, 0.5) is 34.9 Å². The highest BCUT2D eigenvalue weighted by Crippen LogP contribution is 2.37. The Balaban J connectivity index is 1.49. The van der Waals surface area contributed by atoms with Crippen molar-refractivity contribution in [2.24, 2.45) is 0 Å². The largest absolute Gasteiger partial charge is 0.573 e. The summed E-state index contributed by atoms with van der Waals surface area (Å²) in [5.74, 6) is -0.596. The summed E-state index contributed by atoms with van der Waals surface area (Å²) in [6.45, 7) is 5.71. The Morgan fingerprint density at radius 2 is 1.79 bits per heavy atom. The van der Waals surface area contributed by atoms with Crippen molar-refractivity contribution in [2.75, 3.05) is 56.8 Å². The normalized spacial score (nSPS) is 15.1. The SMILES string of the molecule is CN1CCN(c2ccc(Nc3ncc4c(F)cn(-c5cccc(P(C)(C)=O)n5)c4n3)cc2OC(F)(F)F)CC1. The van der Waals surface area contributed by atoms with Gasteiger partial charge in [0.1, 0.15) is 18.4 Å². The number of benzene rings is 1. The molecule has 3 aromatic heterocycles. The Morgan fingerprint density at radius 3 is 2.49 bits per heavy atom. The second-order valence-electron chi connectivity index (χ2n) is 9.63. The van der Waals surface area contributed by atoms with Crippen molar-refractivity contribution in [3.8, 4) is 11.6 Å². The maximum atomic E-state index is 14.7. The molecule has 4 aromatic rings. The van der Waals surface area contributed by atoms with Gasteiger partial charge in [0, 0.05) is 50.3 Å². The first-order valence-electron chi connectivity index (χ1n) is 12.0. The highest BCUT2D eigenvalue weighted by atomic mass is 31.2. The lowest BCUT2D eigenvalue weighted by atomic mass is 10.2. The summed E-state index contributed by atoms with van der Waals surface area (Å²) in [6.07, 6.45) is -2.40. The molecule has 1 aliphatic heterocycles. The minimum absolute atomic E-state index is 0.0277. The van der Waals surface area contributed by atoms with E-state index in [4.69, 9.17) is 0 Å². The van der Waals surface area contributed by atoms with Crippen LogP contribution in [0.3, 0.4) is 0 Å². The molecule has 0 aliphatic carbocycles. The van der Waals surface area contributed by atoms with E-state index in [1.807, 2.05) is 11.9 Å². The van der Waals surface area contributed by atoms with Crippen LogP contribution in [-0.4, -0.2) is 77.3 Å². The monoisotopic (exact) mass is 563 g/mol. The molecule has 39 heavy (non-hydrogen) atoms. The van der Waals surface area contributed by atoms with Gasteiger partial charge in [0.2, 0.25) is 5.95 Å². The lowest BCUT2D eigenvalue weighted by Gasteiger charge is -2.35. The van der Waals surface area contributed by atoms with E-state index >= 15 is 0 Å². The van der Waals surface area contributed by atoms with E-state index in [0.717, 1.165) is 0 Å². The first-order chi connectivity index (χ1) is 18.4. The first kappa shape index (κ1) is 26.9. The van der Waals surface area contributed by atoms with Crippen LogP contribution in [0.5, 0.6) is 5.75 Å². The number of halogens is 4. The number of aromatic nitrogens is 4. The number of nitrogens with zero attached hydrogens (tertiary/aromatic N) is 6. The third kappa shape index (κ3) is 5.99. The van der Waals surface area contributed by atoms with Gasteiger partial charge < -0.3 is 24.4 Å². The Hall–Kier alpha value is -3.70. The summed E-state index contributed by atoms with van der Waals surface area (Å²) < 4.78 is 72.7. The molecule has 5 rings (SSSR count). The number of nitrogens with one attached hydrogen (secondary N) is 1. The lowest BCUT2D eigenvalue weighted by molar-refractivity contribution is -0.274. The number of alkyl halides is 3. The smallest absolute Gasteiger partial charge is 0.403 e. The fraction of sp³-hybridized carbons (Fsp3) is 0.320. The maximum Gasteiger partial charge on any atom is 0.573 e. The molecule has 0 amide bonds. The molecule has 0 radical (unpaired) electrons. The summed E-state index contributed by atoms with van der Waals surface area (Å²) in [7, 11) is -0.719. The van der Waals surface area contributed by atoms with Crippen molar-refractivity contribution < 1.29 is 26.9 Å². The first-order valence-corrected chi connectivity index (χ1v) is 14.6. The average Bonchev–Trinajstić information content (AvgIpc) is 3.19. The summed E-state index contributed by atoms with van der Waals surface area (Å²) in [5, 5.41) is 3.01. The van der Waals surface area contributed by atoms with E-state index in [1.54, 1.807) is 43.7 Å². The minimum Gasteiger partial charge on any atom is -0.403 e. The van der Waals surface area contributed by atoms with Crippen molar-refractivity contribution >= 4 is 40.9 Å². The highest BCUT2D eigenvalue weighted by Gasteiger charge is 2.33. The van der Waals surface area contributed by atoms with Gasteiger partial charge in [0.25, 0.3) is 0 Å². The van der Waals surface area contributed by atoms with Crippen LogP contribution >= 0.6 is 7.14 Å². The number of pyridine rings is 1. The van der Waals surface area contributed by atoms with Gasteiger partial charge in [-0.3, -0.25) is 4.57 Å². The predicted molar refractivity (Wildman–Crippen MR) is 142 cm³/mol. The number of anilines is 3. The third-order valence-electron chi connectivity index (χ3n) is 6.30. The standard InChI is InChI=1S/C25H26F4N7O2P/c1-34-9-11-35(12-10-34)19-8-7-16(13-20(19)38-25(27,28)29)31-24-30-14-17-18(26)15-36(23(17)33-24)21-5-4-6-22(32-21)39(2,3)37/h4-8,13-15H,9-12H2,1-3H3,(H,30,31,33). The number of hydrogen-bond donors (Lipinski definition) is 1. The van der Waals surface area contributed by atoms with E-state index in [9.17, 15) is 22.1 Å². The molecular formula is C25H26F4N7O2P. The molecule has 206 valence electrons. The van der Waals surface area contributed by atoms with Crippen molar-refractivity contribution in [1.29, 1.82) is 0 Å². The molecule has 1 saturated heterocycles. The van der Waals surface area contributed by atoms with Crippen molar-refractivity contribution in [2.45, 2.75) is 6.36 Å². The van der Waals surface area contributed by atoms with Gasteiger partial charge in [0.05, 0.1) is 11.1 Å². The average molecular weight is 563 g/mol. The van der Waals surface area contributed by atoms with Crippen LogP contribution in [0, 0.1) is 5.82 Å². The van der Waals surface area contributed by atoms with Gasteiger partial charge in [-0.1, -0.05) is 6.07 Å². The van der Waals surface area contributed by atoms with Crippen LogP contribution in [0.15, 0.2) is 48.8 Å². The van der Waals surface area contributed by atoms with Crippen LogP contribution < -0.4 is 20.4 Å². The lowest BCUT2D eigenvalue weighted by Crippen LogP contribution is -2.44. The van der Waals surface area contributed by atoms with Gasteiger partial charge in [-0.05, 0) is 44.6 Å². The van der Waals surface area contributed by atoms with Crippen molar-refractivity contribution in [1.82, 2.24) is 24.4 Å². The number of piperazine rings is 1. The van der Waals surface area contributed by atoms with Gasteiger partial charge in [-0.2, -0.15) is 4.98 Å². The Bertz CT molecular complexity index is 1560. The van der Waals surface area contributed by atoms with Crippen molar-refractivity contribution in [3.05, 3.63) is 54.6 Å². The molecule has 0 unspecified atom stereocenters. The highest BCUT2D eigenvalue weighted by molar-refractivity contribution is 7.69. The molecule has 0 spiro atoms. The van der Waals surface area contributed by atoms with E-state index in [-0.39, 0.29) is 28.4 Å². The Kier molecular flexibility index (Phi) is 6.98. The number of fused-ring (bicyclic) bond motifs is 1. The van der Waals surface area contributed by atoms with Crippen molar-refractivity contribution in [3.63, 3.8) is 0 Å². The topological polar surface area (TPSA) is 88.4 Å². The molecule has 0 saturated carbocycles. The fourth-order valence-electron chi connectivity index (χ4n) is 4.29. The summed E-state index contributed by atoms with van der Waals surface area (Å²) in [4.78, 5) is 16.9. The predicted octanol–water partition coefficient (Wildman–Crippen LogP) is 4.60. The van der Waals surface area contributed by atoms with Crippen LogP contribution in [0.25, 0.3) is 16.9 Å². The quantitative estimate of drug-likeness (QED) is 0.269. The zero-order chi connectivity index (χ0) is 27.9. The number of ether oxygens (including phenoxy) is 1. The number of likely N-dealkylation sites (N-methyl/N-ethyl adjacent to an activating group) is 1. The number of rotatable bonds is 6. The molecule has 0 atom stereocenters. The second-order valence-corrected chi connectivity index (χ2v) is 12.8. The number of hydrogen-bond acceptors (Lipinski definition) is 8. The van der Waals surface area contributed by atoms with E-state index in [2.05, 4.69) is 29.9 Å². The molecule has 9 nitrogen and oxygen atoms in total. The van der Waals surface area contributed by atoms with E-state index in [0.29, 0.717) is 43.1 Å². The fourth-order valence-corrected chi connectivity index (χ4v) is 5.07. The third-order valence-corrected chi connectivity index (χ3v) is 7.65. The molecule has 1 fully saturated rings. The molecular weight excluding hydrogens is 537 g/mol. The van der Waals surface area contributed by atoms with Crippen LogP contribution in [0.1, 0.15) is 0 Å².